The second-order valence-corrected chi connectivity index (χ2v) is 7.19. The van der Waals surface area contributed by atoms with Crippen LogP contribution in [0.2, 0.25) is 0 Å². The molecule has 0 bridgehead atoms. The van der Waals surface area contributed by atoms with Crippen LogP contribution in [0.4, 0.5) is 0 Å². The second kappa shape index (κ2) is 7.13. The molecule has 0 amide bonds. The molecule has 2 rings (SSSR count). The summed E-state index contributed by atoms with van der Waals surface area (Å²) in [4.78, 5) is 4.41. The van der Waals surface area contributed by atoms with Gasteiger partial charge < -0.3 is 5.32 Å². The van der Waals surface area contributed by atoms with Crippen molar-refractivity contribution in [3.8, 4) is 0 Å². The predicted molar refractivity (Wildman–Crippen MR) is 84.9 cm³/mol. The topological polar surface area (TPSA) is 71.1 Å². The number of hydrogen-bond donors (Lipinski definition) is 2. The van der Waals surface area contributed by atoms with Gasteiger partial charge >= 0.3 is 0 Å². The molecule has 5 nitrogen and oxygen atoms in total. The van der Waals surface area contributed by atoms with Crippen LogP contribution in [0.1, 0.15) is 24.2 Å². The Morgan fingerprint density at radius 1 is 1.29 bits per heavy atom. The van der Waals surface area contributed by atoms with Gasteiger partial charge in [0, 0.05) is 24.4 Å². The Balaban J connectivity index is 1.98. The van der Waals surface area contributed by atoms with Crippen LogP contribution in [0.3, 0.4) is 0 Å². The van der Waals surface area contributed by atoms with Crippen LogP contribution in [0.25, 0.3) is 0 Å². The predicted octanol–water partition coefficient (Wildman–Crippen LogP) is 1.94. The first-order valence-corrected chi connectivity index (χ1v) is 9.09. The molecule has 0 saturated carbocycles. The van der Waals surface area contributed by atoms with E-state index >= 15 is 0 Å². The highest BCUT2D eigenvalue weighted by molar-refractivity contribution is 7.89. The molecule has 1 atom stereocenters. The second-order valence-electron chi connectivity index (χ2n) is 4.71. The average molecular weight is 325 g/mol. The lowest BCUT2D eigenvalue weighted by atomic mass is 10.1. The number of benzene rings is 1. The summed E-state index contributed by atoms with van der Waals surface area (Å²) < 4.78 is 26.9. The molecule has 1 unspecified atom stereocenters. The van der Waals surface area contributed by atoms with E-state index in [2.05, 4.69) is 15.0 Å². The number of hydrogen-bond acceptors (Lipinski definition) is 5. The molecule has 114 valence electrons. The zero-order valence-electron chi connectivity index (χ0n) is 12.0. The van der Waals surface area contributed by atoms with Gasteiger partial charge in [-0.25, -0.2) is 18.1 Å². The third-order valence-corrected chi connectivity index (χ3v) is 5.39. The molecule has 2 aromatic rings. The van der Waals surface area contributed by atoms with Gasteiger partial charge in [-0.2, -0.15) is 0 Å². The Morgan fingerprint density at radius 3 is 2.57 bits per heavy atom. The van der Waals surface area contributed by atoms with Crippen LogP contribution >= 0.6 is 11.3 Å². The van der Waals surface area contributed by atoms with Gasteiger partial charge in [-0.15, -0.1) is 11.3 Å². The maximum absolute atomic E-state index is 12.2. The molecule has 0 spiro atoms. The van der Waals surface area contributed by atoms with Crippen LogP contribution in [0.15, 0.2) is 40.1 Å². The Kier molecular flexibility index (Phi) is 5.46. The summed E-state index contributed by atoms with van der Waals surface area (Å²) in [6.45, 7) is 2.37. The minimum Gasteiger partial charge on any atom is -0.313 e. The van der Waals surface area contributed by atoms with Gasteiger partial charge in [-0.3, -0.25) is 0 Å². The van der Waals surface area contributed by atoms with Gasteiger partial charge in [0.2, 0.25) is 10.0 Å². The summed E-state index contributed by atoms with van der Waals surface area (Å²) in [5.41, 5.74) is 3.70. The van der Waals surface area contributed by atoms with E-state index in [1.165, 1.54) is 11.3 Å². The van der Waals surface area contributed by atoms with E-state index in [0.717, 1.165) is 11.3 Å². The highest BCUT2D eigenvalue weighted by atomic mass is 32.2. The Labute approximate surface area is 129 Å². The molecular formula is C14H19N3O2S2. The van der Waals surface area contributed by atoms with Gasteiger partial charge in [0.1, 0.15) is 0 Å². The van der Waals surface area contributed by atoms with Crippen molar-refractivity contribution in [2.75, 3.05) is 13.6 Å². The summed E-state index contributed by atoms with van der Waals surface area (Å²) in [6.07, 6.45) is 0.595. The lowest BCUT2D eigenvalue weighted by Crippen LogP contribution is -2.26. The van der Waals surface area contributed by atoms with Gasteiger partial charge in [0.05, 0.1) is 16.1 Å². The Morgan fingerprint density at radius 2 is 2.00 bits per heavy atom. The van der Waals surface area contributed by atoms with Crippen molar-refractivity contribution in [1.29, 1.82) is 0 Å². The van der Waals surface area contributed by atoms with Gasteiger partial charge in [-0.05, 0) is 31.7 Å². The molecule has 1 aromatic heterocycles. The number of nitrogens with zero attached hydrogens (tertiary/aromatic N) is 1. The van der Waals surface area contributed by atoms with Crippen molar-refractivity contribution in [3.05, 3.63) is 46.4 Å². The fourth-order valence-corrected chi connectivity index (χ4v) is 3.48. The van der Waals surface area contributed by atoms with E-state index in [1.807, 2.05) is 31.5 Å². The first-order chi connectivity index (χ1) is 10.0. The quantitative estimate of drug-likeness (QED) is 0.816. The lowest BCUT2D eigenvalue weighted by Gasteiger charge is -2.11. The van der Waals surface area contributed by atoms with Crippen LogP contribution < -0.4 is 10.0 Å². The molecule has 7 heteroatoms. The zero-order valence-corrected chi connectivity index (χ0v) is 13.7. The van der Waals surface area contributed by atoms with Crippen LogP contribution in [0.5, 0.6) is 0 Å². The van der Waals surface area contributed by atoms with E-state index < -0.39 is 10.0 Å². The van der Waals surface area contributed by atoms with E-state index in [1.54, 1.807) is 17.6 Å². The van der Waals surface area contributed by atoms with E-state index in [0.29, 0.717) is 13.0 Å². The highest BCUT2D eigenvalue weighted by Gasteiger charge is 2.14. The first kappa shape index (κ1) is 16.1. The lowest BCUT2D eigenvalue weighted by molar-refractivity contribution is 0.581. The molecule has 1 heterocycles. The summed E-state index contributed by atoms with van der Waals surface area (Å²) in [5, 5.41) is 5.04. The Hall–Kier alpha value is -1.28. The SMILES string of the molecule is CNC(C)c1ccc(S(=O)(=O)NCCc2cscn2)cc1. The minimum atomic E-state index is -3.46. The first-order valence-electron chi connectivity index (χ1n) is 6.67. The molecule has 0 aliphatic rings. The third-order valence-electron chi connectivity index (χ3n) is 3.28. The van der Waals surface area contributed by atoms with Crippen molar-refractivity contribution < 1.29 is 8.42 Å². The van der Waals surface area contributed by atoms with Gasteiger partial charge in [-0.1, -0.05) is 12.1 Å². The largest absolute Gasteiger partial charge is 0.313 e. The van der Waals surface area contributed by atoms with Gasteiger partial charge in [0.25, 0.3) is 0 Å². The Bertz CT molecular complexity index is 652. The summed E-state index contributed by atoms with van der Waals surface area (Å²) in [5.74, 6) is 0. The fraction of sp³-hybridized carbons (Fsp3) is 0.357. The summed E-state index contributed by atoms with van der Waals surface area (Å²) in [7, 11) is -1.59. The number of aromatic nitrogens is 1. The maximum atomic E-state index is 12.2. The summed E-state index contributed by atoms with van der Waals surface area (Å²) in [6, 6.07) is 7.12. The van der Waals surface area contributed by atoms with Crippen molar-refractivity contribution >= 4 is 21.4 Å². The highest BCUT2D eigenvalue weighted by Crippen LogP contribution is 2.15. The average Bonchev–Trinajstić information content (AvgIpc) is 2.99. The van der Waals surface area contributed by atoms with Crippen LogP contribution in [0, 0.1) is 0 Å². The van der Waals surface area contributed by atoms with Crippen molar-refractivity contribution in [2.24, 2.45) is 0 Å². The molecule has 21 heavy (non-hydrogen) atoms. The fourth-order valence-electron chi connectivity index (χ4n) is 1.86. The number of thiazole rings is 1. The maximum Gasteiger partial charge on any atom is 0.240 e. The molecular weight excluding hydrogens is 306 g/mol. The normalized spacial score (nSPS) is 13.2. The van der Waals surface area contributed by atoms with Crippen molar-refractivity contribution in [1.82, 2.24) is 15.0 Å². The molecule has 1 aromatic carbocycles. The van der Waals surface area contributed by atoms with E-state index in [4.69, 9.17) is 0 Å². The standard InChI is InChI=1S/C14H19N3O2S2/c1-11(15-2)12-3-5-14(6-4-12)21(18,19)17-8-7-13-9-20-10-16-13/h3-6,9-11,15,17H,7-8H2,1-2H3. The molecule has 0 saturated heterocycles. The molecule has 2 N–H and O–H groups in total. The zero-order chi connectivity index (χ0) is 15.3. The van der Waals surface area contributed by atoms with Crippen molar-refractivity contribution in [3.63, 3.8) is 0 Å². The van der Waals surface area contributed by atoms with Gasteiger partial charge in [0.15, 0.2) is 0 Å². The molecule has 0 fully saturated rings. The molecule has 0 aliphatic heterocycles. The smallest absolute Gasteiger partial charge is 0.240 e. The van der Waals surface area contributed by atoms with E-state index in [-0.39, 0.29) is 10.9 Å². The third kappa shape index (κ3) is 4.34. The van der Waals surface area contributed by atoms with Crippen LogP contribution in [-0.2, 0) is 16.4 Å². The monoisotopic (exact) mass is 325 g/mol. The number of sulfonamides is 1. The molecule has 0 aliphatic carbocycles. The minimum absolute atomic E-state index is 0.194. The molecule has 0 radical (unpaired) electrons. The number of rotatable bonds is 7. The summed E-state index contributed by atoms with van der Waals surface area (Å²) >= 11 is 1.51. The van der Waals surface area contributed by atoms with Crippen molar-refractivity contribution in [2.45, 2.75) is 24.3 Å². The van der Waals surface area contributed by atoms with Crippen LogP contribution in [-0.4, -0.2) is 27.0 Å². The number of nitrogens with one attached hydrogen (secondary N) is 2. The van der Waals surface area contributed by atoms with E-state index in [9.17, 15) is 8.42 Å².